The Morgan fingerprint density at radius 3 is 2.08 bits per heavy atom. The highest BCUT2D eigenvalue weighted by molar-refractivity contribution is 4.67. The third kappa shape index (κ3) is 7.06. The summed E-state index contributed by atoms with van der Waals surface area (Å²) in [4.78, 5) is 2.29. The molecule has 1 saturated carbocycles. The van der Waals surface area contributed by atoms with Crippen LogP contribution in [-0.2, 0) is 0 Å². The SMILES string of the molecule is CC.CN(C)CCCC1CCCC1. The van der Waals surface area contributed by atoms with Crippen molar-refractivity contribution in [2.24, 2.45) is 5.92 Å². The van der Waals surface area contributed by atoms with Gasteiger partial charge in [0.05, 0.1) is 0 Å². The van der Waals surface area contributed by atoms with E-state index in [4.69, 9.17) is 0 Å². The molecule has 0 N–H and O–H groups in total. The van der Waals surface area contributed by atoms with Gasteiger partial charge in [0.25, 0.3) is 0 Å². The van der Waals surface area contributed by atoms with Gasteiger partial charge in [0.2, 0.25) is 0 Å². The molecule has 0 heterocycles. The minimum atomic E-state index is 1.08. The van der Waals surface area contributed by atoms with Crippen molar-refractivity contribution in [1.29, 1.82) is 0 Å². The summed E-state index contributed by atoms with van der Waals surface area (Å²) in [6, 6.07) is 0. The zero-order valence-corrected chi connectivity index (χ0v) is 9.97. The Hall–Kier alpha value is -0.0400. The highest BCUT2D eigenvalue weighted by Crippen LogP contribution is 2.28. The molecule has 0 unspecified atom stereocenters. The third-order valence-corrected chi connectivity index (χ3v) is 2.69. The quantitative estimate of drug-likeness (QED) is 0.647. The maximum atomic E-state index is 2.29. The molecule has 1 nitrogen and oxygen atoms in total. The Kier molecular flexibility index (Phi) is 8.53. The molecule has 0 bridgehead atoms. The maximum Gasteiger partial charge on any atom is -0.00247 e. The third-order valence-electron chi connectivity index (χ3n) is 2.69. The van der Waals surface area contributed by atoms with Crippen LogP contribution in [0, 0.1) is 5.92 Å². The zero-order chi connectivity index (χ0) is 10.1. The number of hydrogen-bond acceptors (Lipinski definition) is 1. The molecule has 0 atom stereocenters. The molecule has 0 saturated heterocycles. The van der Waals surface area contributed by atoms with Gasteiger partial charge in [0, 0.05) is 0 Å². The summed E-state index contributed by atoms with van der Waals surface area (Å²) in [5, 5.41) is 0. The van der Waals surface area contributed by atoms with Crippen LogP contribution in [0.4, 0.5) is 0 Å². The van der Waals surface area contributed by atoms with Crippen molar-refractivity contribution in [2.45, 2.75) is 52.4 Å². The Labute approximate surface area is 84.5 Å². The topological polar surface area (TPSA) is 3.24 Å². The minimum Gasteiger partial charge on any atom is -0.309 e. The Balaban J connectivity index is 0.000000671. The summed E-state index contributed by atoms with van der Waals surface area (Å²) in [5.74, 6) is 1.08. The number of rotatable bonds is 4. The van der Waals surface area contributed by atoms with Crippen LogP contribution < -0.4 is 0 Å². The molecule has 0 aromatic heterocycles. The van der Waals surface area contributed by atoms with Gasteiger partial charge in [-0.15, -0.1) is 0 Å². The lowest BCUT2D eigenvalue weighted by atomic mass is 10.0. The van der Waals surface area contributed by atoms with E-state index in [0.717, 1.165) is 5.92 Å². The van der Waals surface area contributed by atoms with Gasteiger partial charge in [-0.1, -0.05) is 39.5 Å². The molecule has 0 spiro atoms. The maximum absolute atomic E-state index is 2.29. The molecular weight excluding hydrogens is 158 g/mol. The molecule has 0 aromatic rings. The van der Waals surface area contributed by atoms with E-state index < -0.39 is 0 Å². The van der Waals surface area contributed by atoms with Crippen LogP contribution in [0.15, 0.2) is 0 Å². The molecule has 0 radical (unpaired) electrons. The van der Waals surface area contributed by atoms with Gasteiger partial charge >= 0.3 is 0 Å². The molecule has 80 valence electrons. The van der Waals surface area contributed by atoms with Gasteiger partial charge in [-0.3, -0.25) is 0 Å². The predicted octanol–water partition coefficient (Wildman–Crippen LogP) is 3.54. The van der Waals surface area contributed by atoms with Gasteiger partial charge in [-0.25, -0.2) is 0 Å². The van der Waals surface area contributed by atoms with E-state index in [9.17, 15) is 0 Å². The van der Waals surface area contributed by atoms with E-state index in [0.29, 0.717) is 0 Å². The normalized spacial score (nSPS) is 17.3. The zero-order valence-electron chi connectivity index (χ0n) is 9.97. The molecule has 1 rings (SSSR count). The highest BCUT2D eigenvalue weighted by atomic mass is 15.0. The van der Waals surface area contributed by atoms with E-state index in [1.54, 1.807) is 0 Å². The smallest absolute Gasteiger partial charge is 0.00247 e. The van der Waals surface area contributed by atoms with Crippen LogP contribution >= 0.6 is 0 Å². The van der Waals surface area contributed by atoms with E-state index >= 15 is 0 Å². The predicted molar refractivity (Wildman–Crippen MR) is 61.1 cm³/mol. The van der Waals surface area contributed by atoms with Crippen LogP contribution in [0.5, 0.6) is 0 Å². The first kappa shape index (κ1) is 13.0. The lowest BCUT2D eigenvalue weighted by Crippen LogP contribution is -2.13. The lowest BCUT2D eigenvalue weighted by Gasteiger charge is -2.11. The van der Waals surface area contributed by atoms with Crippen molar-refractivity contribution < 1.29 is 0 Å². The second-order valence-electron chi connectivity index (χ2n) is 4.10. The first-order valence-electron chi connectivity index (χ1n) is 5.94. The van der Waals surface area contributed by atoms with E-state index in [-0.39, 0.29) is 0 Å². The first-order valence-corrected chi connectivity index (χ1v) is 5.94. The number of nitrogens with zero attached hydrogens (tertiary/aromatic N) is 1. The minimum absolute atomic E-state index is 1.08. The van der Waals surface area contributed by atoms with Gasteiger partial charge < -0.3 is 4.90 Å². The molecule has 1 fully saturated rings. The lowest BCUT2D eigenvalue weighted by molar-refractivity contribution is 0.367. The Morgan fingerprint density at radius 2 is 1.62 bits per heavy atom. The molecule has 13 heavy (non-hydrogen) atoms. The van der Waals surface area contributed by atoms with Crippen molar-refractivity contribution in [1.82, 2.24) is 4.90 Å². The Morgan fingerprint density at radius 1 is 1.08 bits per heavy atom. The Bertz CT molecular complexity index is 93.3. The van der Waals surface area contributed by atoms with Crippen molar-refractivity contribution >= 4 is 0 Å². The fourth-order valence-corrected chi connectivity index (χ4v) is 2.00. The van der Waals surface area contributed by atoms with Crippen molar-refractivity contribution in [3.05, 3.63) is 0 Å². The largest absolute Gasteiger partial charge is 0.309 e. The van der Waals surface area contributed by atoms with Crippen molar-refractivity contribution in [2.75, 3.05) is 20.6 Å². The number of hydrogen-bond donors (Lipinski definition) is 0. The fraction of sp³-hybridized carbons (Fsp3) is 1.00. The van der Waals surface area contributed by atoms with E-state index in [1.807, 2.05) is 13.8 Å². The van der Waals surface area contributed by atoms with Gasteiger partial charge in [-0.2, -0.15) is 0 Å². The van der Waals surface area contributed by atoms with E-state index in [2.05, 4.69) is 19.0 Å². The summed E-state index contributed by atoms with van der Waals surface area (Å²) < 4.78 is 0. The van der Waals surface area contributed by atoms with Gasteiger partial charge in [0.1, 0.15) is 0 Å². The van der Waals surface area contributed by atoms with Gasteiger partial charge in [0.15, 0.2) is 0 Å². The molecule has 1 aliphatic rings. The summed E-state index contributed by atoms with van der Waals surface area (Å²) in [6.45, 7) is 5.27. The van der Waals surface area contributed by atoms with Crippen molar-refractivity contribution in [3.63, 3.8) is 0 Å². The molecule has 0 aromatic carbocycles. The monoisotopic (exact) mass is 185 g/mol. The average molecular weight is 185 g/mol. The molecule has 1 heteroatoms. The van der Waals surface area contributed by atoms with Gasteiger partial charge in [-0.05, 0) is 39.4 Å². The summed E-state index contributed by atoms with van der Waals surface area (Å²) in [5.41, 5.74) is 0. The van der Waals surface area contributed by atoms with Crippen LogP contribution in [0.1, 0.15) is 52.4 Å². The first-order chi connectivity index (χ1) is 6.29. The highest BCUT2D eigenvalue weighted by Gasteiger charge is 2.13. The van der Waals surface area contributed by atoms with Crippen molar-refractivity contribution in [3.8, 4) is 0 Å². The fourth-order valence-electron chi connectivity index (χ4n) is 2.00. The van der Waals surface area contributed by atoms with Crippen LogP contribution in [-0.4, -0.2) is 25.5 Å². The molecule has 1 aliphatic carbocycles. The summed E-state index contributed by atoms with van der Waals surface area (Å²) in [6.07, 6.45) is 8.87. The summed E-state index contributed by atoms with van der Waals surface area (Å²) in [7, 11) is 4.32. The second kappa shape index (κ2) is 8.55. The van der Waals surface area contributed by atoms with E-state index in [1.165, 1.54) is 45.1 Å². The average Bonchev–Trinajstić information content (AvgIpc) is 2.60. The second-order valence-corrected chi connectivity index (χ2v) is 4.10. The van der Waals surface area contributed by atoms with Crippen LogP contribution in [0.25, 0.3) is 0 Å². The molecule has 0 aliphatic heterocycles. The standard InChI is InChI=1S/C10H21N.C2H6/c1-11(2)9-5-8-10-6-3-4-7-10;1-2/h10H,3-9H2,1-2H3;1-2H3. The summed E-state index contributed by atoms with van der Waals surface area (Å²) >= 11 is 0. The van der Waals surface area contributed by atoms with Crippen LogP contribution in [0.2, 0.25) is 0 Å². The molecular formula is C12H27N. The molecule has 0 amide bonds. The van der Waals surface area contributed by atoms with Crippen LogP contribution in [0.3, 0.4) is 0 Å².